The minimum absolute atomic E-state index is 0.0165. The Morgan fingerprint density at radius 1 is 1.03 bits per heavy atom. The third kappa shape index (κ3) is 4.70. The number of hydrogen-bond donors (Lipinski definition) is 1. The molecule has 5 heteroatoms. The van der Waals surface area contributed by atoms with E-state index in [1.165, 1.54) is 11.6 Å². The Kier molecular flexibility index (Phi) is 6.81. The maximum Gasteiger partial charge on any atom is 0.307 e. The van der Waals surface area contributed by atoms with Crippen LogP contribution in [0.2, 0.25) is 0 Å². The monoisotopic (exact) mass is 514 g/mol. The largest absolute Gasteiger partial charge is 0.497 e. The maximum atomic E-state index is 15.0. The van der Waals surface area contributed by atoms with Crippen LogP contribution in [0.4, 0.5) is 4.39 Å². The number of rotatable bonds is 9. The van der Waals surface area contributed by atoms with Crippen molar-refractivity contribution in [3.8, 4) is 22.6 Å². The van der Waals surface area contributed by atoms with Gasteiger partial charge in [-0.3, -0.25) is 4.79 Å². The molecule has 3 aromatic carbocycles. The molecule has 0 aromatic heterocycles. The number of hydrogen-bond acceptors (Lipinski definition) is 3. The smallest absolute Gasteiger partial charge is 0.307 e. The Labute approximate surface area is 224 Å². The summed E-state index contributed by atoms with van der Waals surface area (Å²) in [6, 6.07) is 18.8. The fourth-order valence-corrected chi connectivity index (χ4v) is 6.04. The summed E-state index contributed by atoms with van der Waals surface area (Å²) in [5, 5.41) is 9.54. The van der Waals surface area contributed by atoms with Gasteiger partial charge < -0.3 is 14.6 Å². The van der Waals surface area contributed by atoms with Gasteiger partial charge in [-0.15, -0.1) is 0 Å². The van der Waals surface area contributed by atoms with Gasteiger partial charge in [0.15, 0.2) is 0 Å². The van der Waals surface area contributed by atoms with Crippen molar-refractivity contribution in [2.45, 2.75) is 58.5 Å². The Morgan fingerprint density at radius 2 is 1.84 bits per heavy atom. The number of allylic oxidation sites excluding steroid dienone is 2. The van der Waals surface area contributed by atoms with Gasteiger partial charge in [0.25, 0.3) is 0 Å². The maximum absolute atomic E-state index is 15.0. The molecule has 0 saturated heterocycles. The number of carboxylic acids is 1. The zero-order valence-electron chi connectivity index (χ0n) is 22.5. The third-order valence-corrected chi connectivity index (χ3v) is 8.50. The van der Waals surface area contributed by atoms with E-state index in [-0.39, 0.29) is 22.6 Å². The molecule has 3 aromatic rings. The normalized spacial score (nSPS) is 21.6. The summed E-state index contributed by atoms with van der Waals surface area (Å²) in [7, 11) is 1.59. The van der Waals surface area contributed by atoms with Crippen LogP contribution in [-0.2, 0) is 16.8 Å². The number of ether oxygens (including phenoxy) is 2. The Bertz CT molecular complexity index is 1410. The lowest BCUT2D eigenvalue weighted by Crippen LogP contribution is -2.14. The van der Waals surface area contributed by atoms with E-state index in [0.717, 1.165) is 47.3 Å². The molecule has 4 nitrogen and oxygen atoms in total. The van der Waals surface area contributed by atoms with Gasteiger partial charge in [0, 0.05) is 11.0 Å². The molecule has 2 aliphatic carbocycles. The van der Waals surface area contributed by atoms with Crippen molar-refractivity contribution in [3.63, 3.8) is 0 Å². The van der Waals surface area contributed by atoms with Crippen molar-refractivity contribution in [2.24, 2.45) is 11.3 Å². The molecule has 0 aliphatic heterocycles. The summed E-state index contributed by atoms with van der Waals surface area (Å²) in [4.78, 5) is 11.6. The summed E-state index contributed by atoms with van der Waals surface area (Å²) in [5.74, 6) is -0.0182. The van der Waals surface area contributed by atoms with Crippen molar-refractivity contribution >= 4 is 11.5 Å². The summed E-state index contributed by atoms with van der Waals surface area (Å²) in [6.45, 7) is 6.87. The number of carboxylic acid groups (broad SMARTS) is 1. The minimum atomic E-state index is -0.734. The Hall–Kier alpha value is -3.60. The highest BCUT2D eigenvalue weighted by molar-refractivity contribution is 5.85. The standard InChI is InChI=1S/C33H35FO4/c1-5-33(19-29(33)31(35)36)22-8-6-9-24(17-22)38-20-21-11-13-25(27-18-23(37-4)12-14-30(27)34)26(16-21)28-10-7-15-32(28,2)3/h6,8-14,16-18,29H,5,7,15,19-20H2,1-4H3,(H,35,36)/t29-,33-/m0/s1. The molecule has 198 valence electrons. The average Bonchev–Trinajstić information content (AvgIpc) is 3.57. The highest BCUT2D eigenvalue weighted by Crippen LogP contribution is 2.57. The predicted molar refractivity (Wildman–Crippen MR) is 148 cm³/mol. The highest BCUT2D eigenvalue weighted by atomic mass is 19.1. The molecular formula is C33H35FO4. The van der Waals surface area contributed by atoms with Crippen LogP contribution >= 0.6 is 0 Å². The van der Waals surface area contributed by atoms with Gasteiger partial charge in [0.2, 0.25) is 0 Å². The molecule has 2 aliphatic rings. The molecule has 1 fully saturated rings. The predicted octanol–water partition coefficient (Wildman–Crippen LogP) is 8.04. The molecule has 0 heterocycles. The number of halogens is 1. The van der Waals surface area contributed by atoms with Crippen LogP contribution in [0.3, 0.4) is 0 Å². The van der Waals surface area contributed by atoms with Gasteiger partial charge in [0.05, 0.1) is 13.0 Å². The summed E-state index contributed by atoms with van der Waals surface area (Å²) in [6.07, 6.45) is 5.76. The van der Waals surface area contributed by atoms with Gasteiger partial charge in [-0.2, -0.15) is 0 Å². The SMILES string of the molecule is CC[C@@]1(c2cccc(OCc3ccc(-c4cc(OC)ccc4F)c(C4=CCCC4(C)C)c3)c2)C[C@H]1C(=O)O. The van der Waals surface area contributed by atoms with E-state index in [4.69, 9.17) is 9.47 Å². The van der Waals surface area contributed by atoms with Gasteiger partial charge in [-0.05, 0) is 95.3 Å². The van der Waals surface area contributed by atoms with Crippen molar-refractivity contribution in [1.82, 2.24) is 0 Å². The van der Waals surface area contributed by atoms with Crippen molar-refractivity contribution in [3.05, 3.63) is 89.2 Å². The molecule has 0 bridgehead atoms. The van der Waals surface area contributed by atoms with E-state index in [1.54, 1.807) is 19.2 Å². The fraction of sp³-hybridized carbons (Fsp3) is 0.364. The summed E-state index contributed by atoms with van der Waals surface area (Å²) >= 11 is 0. The van der Waals surface area contributed by atoms with Gasteiger partial charge in [-0.1, -0.05) is 51.1 Å². The summed E-state index contributed by atoms with van der Waals surface area (Å²) < 4.78 is 26.6. The summed E-state index contributed by atoms with van der Waals surface area (Å²) in [5.41, 5.74) is 5.28. The van der Waals surface area contributed by atoms with Crippen molar-refractivity contribution in [2.75, 3.05) is 7.11 Å². The number of methoxy groups -OCH3 is 1. The van der Waals surface area contributed by atoms with Gasteiger partial charge in [0.1, 0.15) is 23.9 Å². The first-order valence-electron chi connectivity index (χ1n) is 13.3. The Balaban J connectivity index is 1.45. The minimum Gasteiger partial charge on any atom is -0.497 e. The average molecular weight is 515 g/mol. The number of carbonyl (C=O) groups is 1. The first kappa shape index (κ1) is 26.0. The molecule has 5 rings (SSSR count). The quantitative estimate of drug-likeness (QED) is 0.314. The zero-order valence-corrected chi connectivity index (χ0v) is 22.5. The van der Waals surface area contributed by atoms with Gasteiger partial charge in [-0.25, -0.2) is 4.39 Å². The lowest BCUT2D eigenvalue weighted by molar-refractivity contribution is -0.139. The van der Waals surface area contributed by atoms with Crippen molar-refractivity contribution in [1.29, 1.82) is 0 Å². The van der Waals surface area contributed by atoms with E-state index in [0.29, 0.717) is 24.3 Å². The first-order chi connectivity index (χ1) is 18.2. The molecule has 1 N–H and O–H groups in total. The second kappa shape index (κ2) is 9.94. The molecular weight excluding hydrogens is 479 g/mol. The molecule has 38 heavy (non-hydrogen) atoms. The van der Waals surface area contributed by atoms with E-state index >= 15 is 4.39 Å². The van der Waals surface area contributed by atoms with Crippen LogP contribution in [0, 0.1) is 17.2 Å². The highest BCUT2D eigenvalue weighted by Gasteiger charge is 2.58. The molecule has 1 saturated carbocycles. The lowest BCUT2D eigenvalue weighted by atomic mass is 9.79. The van der Waals surface area contributed by atoms with Crippen LogP contribution < -0.4 is 9.47 Å². The second-order valence-corrected chi connectivity index (χ2v) is 11.2. The number of aliphatic carboxylic acids is 1. The fourth-order valence-electron chi connectivity index (χ4n) is 6.04. The first-order valence-corrected chi connectivity index (χ1v) is 13.3. The molecule has 0 unspecified atom stereocenters. The van der Waals surface area contributed by atoms with E-state index in [9.17, 15) is 9.90 Å². The molecule has 0 radical (unpaired) electrons. The van der Waals surface area contributed by atoms with Crippen LogP contribution in [0.15, 0.2) is 66.7 Å². The van der Waals surface area contributed by atoms with Crippen molar-refractivity contribution < 1.29 is 23.8 Å². The van der Waals surface area contributed by atoms with E-state index < -0.39 is 5.97 Å². The second-order valence-electron chi connectivity index (χ2n) is 11.2. The lowest BCUT2D eigenvalue weighted by Gasteiger charge is -2.25. The molecule has 0 spiro atoms. The molecule has 2 atom stereocenters. The van der Waals surface area contributed by atoms with E-state index in [1.807, 2.05) is 43.3 Å². The zero-order chi connectivity index (χ0) is 27.1. The van der Waals surface area contributed by atoms with Crippen LogP contribution in [-0.4, -0.2) is 18.2 Å². The van der Waals surface area contributed by atoms with E-state index in [2.05, 4.69) is 26.0 Å². The van der Waals surface area contributed by atoms with Gasteiger partial charge >= 0.3 is 5.97 Å². The molecule has 0 amide bonds. The van der Waals surface area contributed by atoms with Crippen LogP contribution in [0.25, 0.3) is 16.7 Å². The van der Waals surface area contributed by atoms with Crippen LogP contribution in [0.5, 0.6) is 11.5 Å². The number of benzene rings is 3. The Morgan fingerprint density at radius 3 is 2.50 bits per heavy atom. The topological polar surface area (TPSA) is 55.8 Å². The third-order valence-electron chi connectivity index (χ3n) is 8.50. The van der Waals surface area contributed by atoms with Crippen LogP contribution in [0.1, 0.15) is 63.1 Å².